The van der Waals surface area contributed by atoms with Gasteiger partial charge >= 0.3 is 0 Å². The van der Waals surface area contributed by atoms with Crippen molar-refractivity contribution < 1.29 is 4.74 Å². The van der Waals surface area contributed by atoms with Crippen molar-refractivity contribution in [1.29, 1.82) is 0 Å². The van der Waals surface area contributed by atoms with Gasteiger partial charge in [-0.25, -0.2) is 0 Å². The van der Waals surface area contributed by atoms with E-state index in [0.717, 1.165) is 26.0 Å². The van der Waals surface area contributed by atoms with E-state index >= 15 is 0 Å². The average molecular weight is 248 g/mol. The summed E-state index contributed by atoms with van der Waals surface area (Å²) in [6, 6.07) is 10.5. The number of hydrogen-bond acceptors (Lipinski definition) is 3. The third-order valence-electron chi connectivity index (χ3n) is 3.95. The zero-order valence-electron chi connectivity index (χ0n) is 11.4. The fourth-order valence-corrected chi connectivity index (χ4v) is 3.04. The molecule has 1 fully saturated rings. The van der Waals surface area contributed by atoms with E-state index < -0.39 is 0 Å². The first-order valence-electron chi connectivity index (χ1n) is 6.90. The molecule has 3 nitrogen and oxygen atoms in total. The summed E-state index contributed by atoms with van der Waals surface area (Å²) < 4.78 is 5.68. The van der Waals surface area contributed by atoms with Crippen LogP contribution >= 0.6 is 0 Å². The molecule has 100 valence electrons. The number of hydrogen-bond donors (Lipinski definition) is 1. The Labute approximate surface area is 110 Å². The molecule has 1 aliphatic carbocycles. The second-order valence-electron chi connectivity index (χ2n) is 4.99. The molecular formula is C15H24N2O. The molecule has 0 radical (unpaired) electrons. The van der Waals surface area contributed by atoms with Gasteiger partial charge in [-0.15, -0.1) is 0 Å². The minimum absolute atomic E-state index is 0.0932. The Balaban J connectivity index is 2.12. The number of likely N-dealkylation sites (N-methyl/N-ethyl adjacent to an activating group) is 1. The second-order valence-corrected chi connectivity index (χ2v) is 4.99. The molecule has 0 atom stereocenters. The average Bonchev–Trinajstić information content (AvgIpc) is 2.37. The highest BCUT2D eigenvalue weighted by Gasteiger charge is 2.47. The van der Waals surface area contributed by atoms with Gasteiger partial charge < -0.3 is 15.4 Å². The molecule has 1 aromatic rings. The maximum Gasteiger partial charge on any atom is 0.0620 e. The predicted molar refractivity (Wildman–Crippen MR) is 75.9 cm³/mol. The first kappa shape index (κ1) is 13.4. The standard InChI is InChI=1S/C15H24N2O/c1-3-17(13-8-6-5-7-9-13)15(12-16)10-14(11-15)18-4-2/h5-9,14H,3-4,10-12,16H2,1-2H3. The SMILES string of the molecule is CCOC1CC(CN)(N(CC)c2ccccc2)C1. The number of para-hydroxylation sites is 1. The zero-order chi connectivity index (χ0) is 13.0. The first-order chi connectivity index (χ1) is 8.75. The lowest BCUT2D eigenvalue weighted by Crippen LogP contribution is -2.64. The summed E-state index contributed by atoms with van der Waals surface area (Å²) in [5.41, 5.74) is 7.40. The molecule has 0 aliphatic heterocycles. The van der Waals surface area contributed by atoms with E-state index in [1.165, 1.54) is 5.69 Å². The van der Waals surface area contributed by atoms with E-state index in [-0.39, 0.29) is 5.54 Å². The van der Waals surface area contributed by atoms with Crippen molar-refractivity contribution in [2.75, 3.05) is 24.6 Å². The summed E-state index contributed by atoms with van der Waals surface area (Å²) >= 11 is 0. The number of nitrogens with two attached hydrogens (primary N) is 1. The highest BCUT2D eigenvalue weighted by atomic mass is 16.5. The topological polar surface area (TPSA) is 38.5 Å². The predicted octanol–water partition coefficient (Wildman–Crippen LogP) is 2.41. The molecule has 0 bridgehead atoms. The van der Waals surface area contributed by atoms with Gasteiger partial charge in [-0.05, 0) is 38.8 Å². The van der Waals surface area contributed by atoms with Crippen LogP contribution in [0.1, 0.15) is 26.7 Å². The highest BCUT2D eigenvalue weighted by Crippen LogP contribution is 2.41. The van der Waals surface area contributed by atoms with E-state index in [2.05, 4.69) is 49.1 Å². The van der Waals surface area contributed by atoms with E-state index in [4.69, 9.17) is 10.5 Å². The molecular weight excluding hydrogens is 224 g/mol. The Bertz CT molecular complexity index is 360. The van der Waals surface area contributed by atoms with Crippen LogP contribution in [0.25, 0.3) is 0 Å². The maximum absolute atomic E-state index is 6.04. The van der Waals surface area contributed by atoms with E-state index in [9.17, 15) is 0 Å². The van der Waals surface area contributed by atoms with Gasteiger partial charge in [0.2, 0.25) is 0 Å². The second kappa shape index (κ2) is 5.72. The third kappa shape index (κ3) is 2.38. The van der Waals surface area contributed by atoms with E-state index in [1.807, 2.05) is 0 Å². The Kier molecular flexibility index (Phi) is 4.25. The van der Waals surface area contributed by atoms with Crippen LogP contribution in [0.5, 0.6) is 0 Å². The minimum Gasteiger partial charge on any atom is -0.378 e. The summed E-state index contributed by atoms with van der Waals surface area (Å²) in [6.07, 6.45) is 2.47. The molecule has 2 N–H and O–H groups in total. The lowest BCUT2D eigenvalue weighted by atomic mass is 9.72. The van der Waals surface area contributed by atoms with Crippen LogP contribution in [0.3, 0.4) is 0 Å². The normalized spacial score (nSPS) is 26.7. The molecule has 1 aromatic carbocycles. The summed E-state index contributed by atoms with van der Waals surface area (Å²) in [6.45, 7) is 6.72. The van der Waals surface area contributed by atoms with Crippen molar-refractivity contribution in [1.82, 2.24) is 0 Å². The Morgan fingerprint density at radius 3 is 2.44 bits per heavy atom. The number of rotatable bonds is 6. The van der Waals surface area contributed by atoms with Crippen molar-refractivity contribution in [3.05, 3.63) is 30.3 Å². The summed E-state index contributed by atoms with van der Waals surface area (Å²) in [7, 11) is 0. The van der Waals surface area contributed by atoms with Crippen LogP contribution < -0.4 is 10.6 Å². The molecule has 1 saturated carbocycles. The molecule has 0 amide bonds. The van der Waals surface area contributed by atoms with Crippen LogP contribution in [0.4, 0.5) is 5.69 Å². The Morgan fingerprint density at radius 2 is 1.94 bits per heavy atom. The molecule has 1 aliphatic rings. The largest absolute Gasteiger partial charge is 0.378 e. The summed E-state index contributed by atoms with van der Waals surface area (Å²) in [4.78, 5) is 2.43. The highest BCUT2D eigenvalue weighted by molar-refractivity contribution is 5.50. The molecule has 3 heteroatoms. The Morgan fingerprint density at radius 1 is 1.28 bits per heavy atom. The van der Waals surface area contributed by atoms with Crippen LogP contribution in [0, 0.1) is 0 Å². The maximum atomic E-state index is 6.04. The molecule has 0 unspecified atom stereocenters. The number of benzene rings is 1. The number of ether oxygens (including phenoxy) is 1. The van der Waals surface area contributed by atoms with Crippen LogP contribution in [-0.2, 0) is 4.74 Å². The van der Waals surface area contributed by atoms with Gasteiger partial charge in [0.15, 0.2) is 0 Å². The smallest absolute Gasteiger partial charge is 0.0620 e. The molecule has 0 saturated heterocycles. The Hall–Kier alpha value is -1.06. The van der Waals surface area contributed by atoms with Gasteiger partial charge in [0.05, 0.1) is 11.6 Å². The van der Waals surface area contributed by atoms with Gasteiger partial charge in [0.1, 0.15) is 0 Å². The van der Waals surface area contributed by atoms with Crippen molar-refractivity contribution in [3.63, 3.8) is 0 Å². The van der Waals surface area contributed by atoms with Crippen molar-refractivity contribution in [3.8, 4) is 0 Å². The van der Waals surface area contributed by atoms with Gasteiger partial charge in [-0.2, -0.15) is 0 Å². The molecule has 18 heavy (non-hydrogen) atoms. The first-order valence-corrected chi connectivity index (χ1v) is 6.90. The third-order valence-corrected chi connectivity index (χ3v) is 3.95. The van der Waals surface area contributed by atoms with Crippen molar-refractivity contribution >= 4 is 5.69 Å². The van der Waals surface area contributed by atoms with E-state index in [0.29, 0.717) is 12.6 Å². The van der Waals surface area contributed by atoms with Crippen LogP contribution in [0.15, 0.2) is 30.3 Å². The summed E-state index contributed by atoms with van der Waals surface area (Å²) in [5, 5.41) is 0. The summed E-state index contributed by atoms with van der Waals surface area (Å²) in [5.74, 6) is 0. The van der Waals surface area contributed by atoms with Gasteiger partial charge in [-0.3, -0.25) is 0 Å². The monoisotopic (exact) mass is 248 g/mol. The van der Waals surface area contributed by atoms with Crippen molar-refractivity contribution in [2.45, 2.75) is 38.3 Å². The fourth-order valence-electron chi connectivity index (χ4n) is 3.04. The number of nitrogens with zero attached hydrogens (tertiary/aromatic N) is 1. The molecule has 0 aromatic heterocycles. The quantitative estimate of drug-likeness (QED) is 0.840. The lowest BCUT2D eigenvalue weighted by Gasteiger charge is -2.54. The van der Waals surface area contributed by atoms with Gasteiger partial charge in [-0.1, -0.05) is 18.2 Å². The molecule has 2 rings (SSSR count). The van der Waals surface area contributed by atoms with Crippen LogP contribution in [-0.4, -0.2) is 31.3 Å². The molecule has 0 heterocycles. The van der Waals surface area contributed by atoms with Gasteiger partial charge in [0, 0.05) is 25.4 Å². The lowest BCUT2D eigenvalue weighted by molar-refractivity contribution is -0.0367. The minimum atomic E-state index is 0.0932. The van der Waals surface area contributed by atoms with E-state index in [1.54, 1.807) is 0 Å². The van der Waals surface area contributed by atoms with Crippen molar-refractivity contribution in [2.24, 2.45) is 5.73 Å². The molecule has 0 spiro atoms. The zero-order valence-corrected chi connectivity index (χ0v) is 11.4. The fraction of sp³-hybridized carbons (Fsp3) is 0.600. The number of anilines is 1. The van der Waals surface area contributed by atoms with Gasteiger partial charge in [0.25, 0.3) is 0 Å². The van der Waals surface area contributed by atoms with Crippen LogP contribution in [0.2, 0.25) is 0 Å².